The molecule has 2 rings (SSSR count). The fourth-order valence-corrected chi connectivity index (χ4v) is 3.27. The molecule has 0 aliphatic heterocycles. The van der Waals surface area contributed by atoms with E-state index in [1.54, 1.807) is 31.2 Å². The van der Waals surface area contributed by atoms with Crippen molar-refractivity contribution in [3.8, 4) is 0 Å². The van der Waals surface area contributed by atoms with E-state index in [0.29, 0.717) is 24.3 Å². The Labute approximate surface area is 181 Å². The molecule has 0 bridgehead atoms. The van der Waals surface area contributed by atoms with Crippen molar-refractivity contribution >= 4 is 40.9 Å². The van der Waals surface area contributed by atoms with E-state index in [9.17, 15) is 14.4 Å². The highest BCUT2D eigenvalue weighted by molar-refractivity contribution is 8.00. The Bertz CT molecular complexity index is 872. The first-order chi connectivity index (χ1) is 14.2. The summed E-state index contributed by atoms with van der Waals surface area (Å²) in [7, 11) is 0. The predicted octanol–water partition coefficient (Wildman–Crippen LogP) is 4.97. The van der Waals surface area contributed by atoms with E-state index in [1.165, 1.54) is 11.8 Å². The standard InChI is InChI=1S/C23H28N2O4S/c1-5-29-22(28)16-6-8-17(9-7-16)25-21(27)15-30-19-12-10-18(11-13-19)24-20(26)14-23(2,3)4/h6-13H,5,14-15H2,1-4H3,(H,24,26)(H,25,27). The Morgan fingerprint density at radius 3 is 1.93 bits per heavy atom. The van der Waals surface area contributed by atoms with Crippen LogP contribution in [0.5, 0.6) is 0 Å². The third kappa shape index (κ3) is 8.29. The number of hydrogen-bond acceptors (Lipinski definition) is 5. The Kier molecular flexibility index (Phi) is 8.47. The maximum atomic E-state index is 12.2. The van der Waals surface area contributed by atoms with E-state index in [2.05, 4.69) is 10.6 Å². The molecule has 0 aliphatic rings. The molecule has 0 spiro atoms. The quantitative estimate of drug-likeness (QED) is 0.458. The van der Waals surface area contributed by atoms with Crippen LogP contribution in [0.25, 0.3) is 0 Å². The van der Waals surface area contributed by atoms with E-state index >= 15 is 0 Å². The van der Waals surface area contributed by atoms with Crippen molar-refractivity contribution in [1.29, 1.82) is 0 Å². The molecule has 160 valence electrons. The number of nitrogens with one attached hydrogen (secondary N) is 2. The van der Waals surface area contributed by atoms with Gasteiger partial charge in [-0.2, -0.15) is 0 Å². The van der Waals surface area contributed by atoms with Crippen LogP contribution in [0.1, 0.15) is 44.5 Å². The Morgan fingerprint density at radius 1 is 0.867 bits per heavy atom. The van der Waals surface area contributed by atoms with Gasteiger partial charge in [0.2, 0.25) is 11.8 Å². The van der Waals surface area contributed by atoms with Gasteiger partial charge >= 0.3 is 5.97 Å². The fraction of sp³-hybridized carbons (Fsp3) is 0.348. The highest BCUT2D eigenvalue weighted by Crippen LogP contribution is 2.23. The van der Waals surface area contributed by atoms with Gasteiger partial charge < -0.3 is 15.4 Å². The molecule has 30 heavy (non-hydrogen) atoms. The number of rotatable bonds is 8. The summed E-state index contributed by atoms with van der Waals surface area (Å²) in [6.07, 6.45) is 0.449. The average molecular weight is 429 g/mol. The van der Waals surface area contributed by atoms with Crippen molar-refractivity contribution in [2.75, 3.05) is 23.0 Å². The second-order valence-corrected chi connectivity index (χ2v) is 8.99. The number of ether oxygens (including phenoxy) is 1. The number of benzene rings is 2. The van der Waals surface area contributed by atoms with Gasteiger partial charge in [0.25, 0.3) is 0 Å². The number of anilines is 2. The van der Waals surface area contributed by atoms with Gasteiger partial charge in [-0.1, -0.05) is 20.8 Å². The van der Waals surface area contributed by atoms with Gasteiger partial charge in [-0.25, -0.2) is 4.79 Å². The summed E-state index contributed by atoms with van der Waals surface area (Å²) < 4.78 is 4.93. The van der Waals surface area contributed by atoms with Crippen LogP contribution >= 0.6 is 11.8 Å². The van der Waals surface area contributed by atoms with Gasteiger partial charge in [-0.3, -0.25) is 9.59 Å². The summed E-state index contributed by atoms with van der Waals surface area (Å²) in [6, 6.07) is 14.0. The van der Waals surface area contributed by atoms with Crippen LogP contribution in [-0.2, 0) is 14.3 Å². The van der Waals surface area contributed by atoms with Crippen LogP contribution in [0.3, 0.4) is 0 Å². The molecule has 0 unspecified atom stereocenters. The SMILES string of the molecule is CCOC(=O)c1ccc(NC(=O)CSc2ccc(NC(=O)CC(C)(C)C)cc2)cc1. The maximum Gasteiger partial charge on any atom is 0.338 e. The van der Waals surface area contributed by atoms with Crippen molar-refractivity contribution in [3.63, 3.8) is 0 Å². The molecule has 0 atom stereocenters. The topological polar surface area (TPSA) is 84.5 Å². The van der Waals surface area contributed by atoms with Crippen molar-refractivity contribution < 1.29 is 19.1 Å². The number of hydrogen-bond donors (Lipinski definition) is 2. The number of carbonyl (C=O) groups is 3. The molecule has 2 amide bonds. The third-order valence-electron chi connectivity index (χ3n) is 3.88. The van der Waals surface area contributed by atoms with E-state index < -0.39 is 0 Å². The number of thioether (sulfide) groups is 1. The Hall–Kier alpha value is -2.80. The zero-order valence-electron chi connectivity index (χ0n) is 17.8. The number of carbonyl (C=O) groups excluding carboxylic acids is 3. The molecule has 0 aromatic heterocycles. The molecule has 2 aromatic carbocycles. The second-order valence-electron chi connectivity index (χ2n) is 7.94. The summed E-state index contributed by atoms with van der Waals surface area (Å²) in [5.74, 6) is -0.304. The zero-order valence-corrected chi connectivity index (χ0v) is 18.6. The minimum Gasteiger partial charge on any atom is -0.462 e. The molecule has 0 saturated carbocycles. The lowest BCUT2D eigenvalue weighted by Crippen LogP contribution is -2.19. The van der Waals surface area contributed by atoms with Crippen molar-refractivity contribution in [2.45, 2.75) is 39.0 Å². The first-order valence-electron chi connectivity index (χ1n) is 9.76. The summed E-state index contributed by atoms with van der Waals surface area (Å²) in [5, 5.41) is 5.68. The fourth-order valence-electron chi connectivity index (χ4n) is 2.57. The highest BCUT2D eigenvalue weighted by Gasteiger charge is 2.16. The Balaban J connectivity index is 1.80. The van der Waals surface area contributed by atoms with Gasteiger partial charge in [0.05, 0.1) is 17.9 Å². The highest BCUT2D eigenvalue weighted by atomic mass is 32.2. The molecular formula is C23H28N2O4S. The summed E-state index contributed by atoms with van der Waals surface area (Å²) in [5.41, 5.74) is 1.73. The number of esters is 1. The monoisotopic (exact) mass is 428 g/mol. The minimum absolute atomic E-state index is 0.0174. The van der Waals surface area contributed by atoms with Gasteiger partial charge in [0, 0.05) is 22.7 Å². The van der Waals surface area contributed by atoms with E-state index in [1.807, 2.05) is 45.0 Å². The lowest BCUT2D eigenvalue weighted by Gasteiger charge is -2.17. The third-order valence-corrected chi connectivity index (χ3v) is 4.89. The zero-order chi connectivity index (χ0) is 22.1. The van der Waals surface area contributed by atoms with Crippen LogP contribution in [0.2, 0.25) is 0 Å². The molecule has 2 N–H and O–H groups in total. The first kappa shape index (κ1) is 23.5. The van der Waals surface area contributed by atoms with Gasteiger partial charge in [-0.05, 0) is 60.9 Å². The molecular weight excluding hydrogens is 400 g/mol. The van der Waals surface area contributed by atoms with E-state index in [0.717, 1.165) is 10.6 Å². The molecule has 0 aliphatic carbocycles. The summed E-state index contributed by atoms with van der Waals surface area (Å²) >= 11 is 1.40. The van der Waals surface area contributed by atoms with Gasteiger partial charge in [-0.15, -0.1) is 11.8 Å². The van der Waals surface area contributed by atoms with E-state index in [4.69, 9.17) is 4.74 Å². The summed E-state index contributed by atoms with van der Waals surface area (Å²) in [4.78, 5) is 36.7. The van der Waals surface area contributed by atoms with Crippen LogP contribution in [0.4, 0.5) is 11.4 Å². The normalized spacial score (nSPS) is 10.9. The van der Waals surface area contributed by atoms with Crippen LogP contribution in [0, 0.1) is 5.41 Å². The van der Waals surface area contributed by atoms with E-state index in [-0.39, 0.29) is 29.0 Å². The molecule has 7 heteroatoms. The molecule has 0 heterocycles. The Morgan fingerprint density at radius 2 is 1.40 bits per heavy atom. The number of amides is 2. The lowest BCUT2D eigenvalue weighted by atomic mass is 9.92. The molecule has 0 radical (unpaired) electrons. The largest absolute Gasteiger partial charge is 0.462 e. The average Bonchev–Trinajstić information content (AvgIpc) is 2.66. The van der Waals surface area contributed by atoms with Crippen molar-refractivity contribution in [1.82, 2.24) is 0 Å². The predicted molar refractivity (Wildman–Crippen MR) is 121 cm³/mol. The summed E-state index contributed by atoms with van der Waals surface area (Å²) in [6.45, 7) is 8.13. The van der Waals surface area contributed by atoms with Crippen molar-refractivity contribution in [3.05, 3.63) is 54.1 Å². The molecule has 2 aromatic rings. The molecule has 0 fully saturated rings. The first-order valence-corrected chi connectivity index (χ1v) is 10.7. The smallest absolute Gasteiger partial charge is 0.338 e. The molecule has 0 saturated heterocycles. The lowest BCUT2D eigenvalue weighted by molar-refractivity contribution is -0.118. The minimum atomic E-state index is -0.385. The maximum absolute atomic E-state index is 12.2. The van der Waals surface area contributed by atoms with Crippen LogP contribution < -0.4 is 10.6 Å². The van der Waals surface area contributed by atoms with Gasteiger partial charge in [0.15, 0.2) is 0 Å². The van der Waals surface area contributed by atoms with Crippen LogP contribution in [-0.4, -0.2) is 30.1 Å². The molecule has 6 nitrogen and oxygen atoms in total. The van der Waals surface area contributed by atoms with Crippen LogP contribution in [0.15, 0.2) is 53.4 Å². The second kappa shape index (κ2) is 10.8. The van der Waals surface area contributed by atoms with Crippen molar-refractivity contribution in [2.24, 2.45) is 5.41 Å². The van der Waals surface area contributed by atoms with Gasteiger partial charge in [0.1, 0.15) is 0 Å².